The molecule has 1 aromatic heterocycles. The molecule has 0 atom stereocenters. The molecule has 3 rings (SSSR count). The van der Waals surface area contributed by atoms with Crippen LogP contribution >= 0.6 is 11.3 Å². The summed E-state index contributed by atoms with van der Waals surface area (Å²) >= 11 is 1.61. The second kappa shape index (κ2) is 6.92. The van der Waals surface area contributed by atoms with Crippen LogP contribution in [0, 0.1) is 6.92 Å². The summed E-state index contributed by atoms with van der Waals surface area (Å²) in [6, 6.07) is 7.94. The number of aryl methyl sites for hydroxylation is 3. The van der Waals surface area contributed by atoms with E-state index in [1.54, 1.807) is 11.3 Å². The van der Waals surface area contributed by atoms with Gasteiger partial charge in [-0.2, -0.15) is 0 Å². The molecule has 0 spiro atoms. The highest BCUT2D eigenvalue weighted by Crippen LogP contribution is 2.30. The van der Waals surface area contributed by atoms with Crippen molar-refractivity contribution in [2.24, 2.45) is 0 Å². The van der Waals surface area contributed by atoms with E-state index in [-0.39, 0.29) is 5.91 Å². The van der Waals surface area contributed by atoms with E-state index in [4.69, 9.17) is 4.74 Å². The van der Waals surface area contributed by atoms with Gasteiger partial charge < -0.3 is 10.1 Å². The van der Waals surface area contributed by atoms with E-state index in [1.165, 1.54) is 22.6 Å². The van der Waals surface area contributed by atoms with Crippen molar-refractivity contribution in [3.05, 3.63) is 40.4 Å². The summed E-state index contributed by atoms with van der Waals surface area (Å²) in [6.45, 7) is 2.58. The Morgan fingerprint density at radius 2 is 2.32 bits per heavy atom. The fourth-order valence-electron chi connectivity index (χ4n) is 2.55. The third-order valence-electron chi connectivity index (χ3n) is 3.65. The van der Waals surface area contributed by atoms with E-state index in [1.807, 2.05) is 31.2 Å². The molecular formula is C17H20N2O2S. The number of carbonyl (C=O) groups is 1. The van der Waals surface area contributed by atoms with Gasteiger partial charge in [-0.05, 0) is 50.3 Å². The lowest BCUT2D eigenvalue weighted by atomic mass is 10.2. The highest BCUT2D eigenvalue weighted by atomic mass is 32.1. The molecule has 1 amide bonds. The number of fused-ring (bicyclic) bond motifs is 1. The summed E-state index contributed by atoms with van der Waals surface area (Å²) in [4.78, 5) is 17.7. The lowest BCUT2D eigenvalue weighted by molar-refractivity contribution is -0.116. The van der Waals surface area contributed by atoms with Crippen molar-refractivity contribution in [2.45, 2.75) is 39.0 Å². The molecule has 0 aliphatic heterocycles. The van der Waals surface area contributed by atoms with Crippen LogP contribution in [0.3, 0.4) is 0 Å². The monoisotopic (exact) mass is 316 g/mol. The third kappa shape index (κ3) is 3.85. The number of carbonyl (C=O) groups excluding carboxylic acids is 1. The molecule has 116 valence electrons. The van der Waals surface area contributed by atoms with Crippen LogP contribution in [0.15, 0.2) is 24.3 Å². The van der Waals surface area contributed by atoms with Gasteiger partial charge in [0.25, 0.3) is 0 Å². The van der Waals surface area contributed by atoms with Gasteiger partial charge in [-0.1, -0.05) is 12.1 Å². The summed E-state index contributed by atoms with van der Waals surface area (Å²) in [5.41, 5.74) is 2.34. The first-order valence-corrected chi connectivity index (χ1v) is 8.50. The van der Waals surface area contributed by atoms with Gasteiger partial charge in [0.1, 0.15) is 5.75 Å². The minimum Gasteiger partial charge on any atom is -0.494 e. The van der Waals surface area contributed by atoms with E-state index >= 15 is 0 Å². The minimum absolute atomic E-state index is 0.0141. The number of benzene rings is 1. The Bertz CT molecular complexity index is 645. The van der Waals surface area contributed by atoms with E-state index in [2.05, 4.69) is 10.3 Å². The van der Waals surface area contributed by atoms with Crippen LogP contribution in [0.4, 0.5) is 5.13 Å². The van der Waals surface area contributed by atoms with E-state index < -0.39 is 0 Å². The SMILES string of the molecule is Cc1cccc(OCCCC(=O)Nc2nc3c(s2)CCC3)c1. The predicted octanol–water partition coefficient (Wildman–Crippen LogP) is 3.74. The number of nitrogens with zero attached hydrogens (tertiary/aromatic N) is 1. The molecule has 5 heteroatoms. The summed E-state index contributed by atoms with van der Waals surface area (Å²) in [7, 11) is 0. The molecule has 4 nitrogen and oxygen atoms in total. The zero-order valence-corrected chi connectivity index (χ0v) is 13.5. The second-order valence-electron chi connectivity index (χ2n) is 5.56. The Kier molecular flexibility index (Phi) is 4.73. The number of anilines is 1. The molecule has 1 aliphatic carbocycles. The van der Waals surface area contributed by atoms with E-state index in [9.17, 15) is 4.79 Å². The molecule has 1 heterocycles. The Hall–Kier alpha value is -1.88. The van der Waals surface area contributed by atoms with Crippen LogP contribution in [0.25, 0.3) is 0 Å². The number of hydrogen-bond donors (Lipinski definition) is 1. The smallest absolute Gasteiger partial charge is 0.226 e. The third-order valence-corrected chi connectivity index (χ3v) is 4.72. The summed E-state index contributed by atoms with van der Waals surface area (Å²) in [6.07, 6.45) is 4.50. The van der Waals surface area contributed by atoms with Gasteiger partial charge in [0.15, 0.2) is 5.13 Å². The Morgan fingerprint density at radius 3 is 3.14 bits per heavy atom. The van der Waals surface area contributed by atoms with Gasteiger partial charge in [0.2, 0.25) is 5.91 Å². The Morgan fingerprint density at radius 1 is 1.41 bits per heavy atom. The zero-order chi connectivity index (χ0) is 15.4. The van der Waals surface area contributed by atoms with Crippen LogP contribution in [-0.2, 0) is 17.6 Å². The molecule has 2 aromatic rings. The average Bonchev–Trinajstić information content (AvgIpc) is 3.05. The van der Waals surface area contributed by atoms with Crippen LogP contribution < -0.4 is 10.1 Å². The molecule has 0 saturated carbocycles. The Balaban J connectivity index is 1.39. The van der Waals surface area contributed by atoms with Gasteiger partial charge in [-0.15, -0.1) is 11.3 Å². The average molecular weight is 316 g/mol. The van der Waals surface area contributed by atoms with Crippen LogP contribution in [0.2, 0.25) is 0 Å². The number of amides is 1. The van der Waals surface area contributed by atoms with Crippen molar-refractivity contribution in [1.82, 2.24) is 4.98 Å². The number of ether oxygens (including phenoxy) is 1. The second-order valence-corrected chi connectivity index (χ2v) is 6.64. The predicted molar refractivity (Wildman–Crippen MR) is 88.7 cm³/mol. The quantitative estimate of drug-likeness (QED) is 0.826. The van der Waals surface area contributed by atoms with Crippen LogP contribution in [0.5, 0.6) is 5.75 Å². The molecule has 0 fully saturated rings. The topological polar surface area (TPSA) is 51.2 Å². The molecule has 1 aliphatic rings. The van der Waals surface area contributed by atoms with Crippen LogP contribution in [-0.4, -0.2) is 17.5 Å². The summed E-state index contributed by atoms with van der Waals surface area (Å²) in [5.74, 6) is 0.872. The largest absolute Gasteiger partial charge is 0.494 e. The van der Waals surface area contributed by atoms with Gasteiger partial charge in [0.05, 0.1) is 12.3 Å². The van der Waals surface area contributed by atoms with E-state index in [0.717, 1.165) is 23.7 Å². The number of thiazole rings is 1. The standard InChI is InChI=1S/C17H20N2O2S/c1-12-5-2-6-13(11-12)21-10-4-9-16(20)19-17-18-14-7-3-8-15(14)22-17/h2,5-6,11H,3-4,7-10H2,1H3,(H,18,19,20). The number of aromatic nitrogens is 1. The van der Waals surface area contributed by atoms with Gasteiger partial charge in [-0.25, -0.2) is 4.98 Å². The molecule has 1 aromatic carbocycles. The van der Waals surface area contributed by atoms with Crippen molar-refractivity contribution >= 4 is 22.4 Å². The minimum atomic E-state index is 0.0141. The molecule has 0 unspecified atom stereocenters. The first-order chi connectivity index (χ1) is 10.7. The zero-order valence-electron chi connectivity index (χ0n) is 12.7. The van der Waals surface area contributed by atoms with E-state index in [0.29, 0.717) is 19.4 Å². The molecular weight excluding hydrogens is 296 g/mol. The van der Waals surface area contributed by atoms with Crippen molar-refractivity contribution < 1.29 is 9.53 Å². The maximum atomic E-state index is 11.9. The number of nitrogens with one attached hydrogen (secondary N) is 1. The number of rotatable bonds is 6. The van der Waals surface area contributed by atoms with Crippen molar-refractivity contribution in [3.63, 3.8) is 0 Å². The van der Waals surface area contributed by atoms with Crippen molar-refractivity contribution in [2.75, 3.05) is 11.9 Å². The van der Waals surface area contributed by atoms with Gasteiger partial charge in [0, 0.05) is 11.3 Å². The Labute approximate surface area is 134 Å². The van der Waals surface area contributed by atoms with Crippen molar-refractivity contribution in [3.8, 4) is 5.75 Å². The fraction of sp³-hybridized carbons (Fsp3) is 0.412. The normalized spacial score (nSPS) is 13.0. The lowest BCUT2D eigenvalue weighted by Crippen LogP contribution is -2.12. The summed E-state index contributed by atoms with van der Waals surface area (Å²) < 4.78 is 5.64. The first kappa shape index (κ1) is 15.0. The maximum absolute atomic E-state index is 11.9. The molecule has 22 heavy (non-hydrogen) atoms. The highest BCUT2D eigenvalue weighted by molar-refractivity contribution is 7.15. The van der Waals surface area contributed by atoms with Crippen LogP contribution in [0.1, 0.15) is 35.4 Å². The molecule has 0 saturated heterocycles. The molecule has 0 bridgehead atoms. The maximum Gasteiger partial charge on any atom is 0.226 e. The fourth-order valence-corrected chi connectivity index (χ4v) is 3.62. The first-order valence-electron chi connectivity index (χ1n) is 7.68. The number of hydrogen-bond acceptors (Lipinski definition) is 4. The van der Waals surface area contributed by atoms with Crippen molar-refractivity contribution in [1.29, 1.82) is 0 Å². The van der Waals surface area contributed by atoms with Gasteiger partial charge in [-0.3, -0.25) is 4.79 Å². The highest BCUT2D eigenvalue weighted by Gasteiger charge is 2.17. The molecule has 0 radical (unpaired) electrons. The lowest BCUT2D eigenvalue weighted by Gasteiger charge is -2.06. The summed E-state index contributed by atoms with van der Waals surface area (Å²) in [5, 5.41) is 3.64. The molecule has 1 N–H and O–H groups in total. The van der Waals surface area contributed by atoms with Gasteiger partial charge >= 0.3 is 0 Å².